The minimum Gasteiger partial charge on any atom is -0.387 e. The zero-order valence-electron chi connectivity index (χ0n) is 14.9. The first-order valence-corrected chi connectivity index (χ1v) is 10.2. The van der Waals surface area contributed by atoms with Crippen LogP contribution in [0.1, 0.15) is 22.9 Å². The summed E-state index contributed by atoms with van der Waals surface area (Å²) in [4.78, 5) is 4.26. The molecular weight excluding hydrogens is 362 g/mol. The van der Waals surface area contributed by atoms with Crippen LogP contribution in [0.5, 0.6) is 0 Å². The number of aliphatic hydroxyl groups excluding tert-OH is 1. The molecule has 140 valence electrons. The van der Waals surface area contributed by atoms with E-state index in [1.54, 1.807) is 42.7 Å². The molecule has 6 nitrogen and oxygen atoms in total. The summed E-state index contributed by atoms with van der Waals surface area (Å²) in [5.41, 5.74) is 2.20. The molecule has 0 aliphatic carbocycles. The van der Waals surface area contributed by atoms with Crippen LogP contribution in [0.4, 0.5) is 0 Å². The lowest BCUT2D eigenvalue weighted by Crippen LogP contribution is -2.48. The topological polar surface area (TPSA) is 75.4 Å². The number of benzene rings is 1. The lowest BCUT2D eigenvalue weighted by molar-refractivity contribution is 0.0760. The third-order valence-corrected chi connectivity index (χ3v) is 7.03. The Kier molecular flexibility index (Phi) is 4.59. The number of aliphatic hydroxyl groups is 1. The maximum absolute atomic E-state index is 13.4. The van der Waals surface area contributed by atoms with Crippen molar-refractivity contribution in [1.82, 2.24) is 13.9 Å². The summed E-state index contributed by atoms with van der Waals surface area (Å²) in [7, 11) is -1.83. The van der Waals surface area contributed by atoms with Gasteiger partial charge in [-0.15, -0.1) is 0 Å². The highest BCUT2D eigenvalue weighted by Gasteiger charge is 2.43. The predicted molar refractivity (Wildman–Crippen MR) is 101 cm³/mol. The molecule has 0 saturated carbocycles. The fourth-order valence-electron chi connectivity index (χ4n) is 3.64. The lowest BCUT2D eigenvalue weighted by Gasteiger charge is -2.39. The van der Waals surface area contributed by atoms with E-state index in [0.29, 0.717) is 12.0 Å². The highest BCUT2D eigenvalue weighted by molar-refractivity contribution is 7.89. The molecule has 2 atom stereocenters. The molecule has 0 amide bonds. The van der Waals surface area contributed by atoms with E-state index < -0.39 is 22.2 Å². The largest absolute Gasteiger partial charge is 0.387 e. The van der Waals surface area contributed by atoms with Crippen LogP contribution in [0.3, 0.4) is 0 Å². The summed E-state index contributed by atoms with van der Waals surface area (Å²) in [5, 5.41) is 11.1. The second kappa shape index (κ2) is 6.92. The molecule has 1 aliphatic rings. The van der Waals surface area contributed by atoms with Gasteiger partial charge >= 0.3 is 0 Å². The van der Waals surface area contributed by atoms with Crippen LogP contribution >= 0.6 is 0 Å². The lowest BCUT2D eigenvalue weighted by atomic mass is 9.97. The summed E-state index contributed by atoms with van der Waals surface area (Å²) in [6.45, 7) is 0.163. The van der Waals surface area contributed by atoms with Gasteiger partial charge in [-0.05, 0) is 29.8 Å². The molecular formula is C20H21N3O3S. The number of nitrogens with zero attached hydrogens (tertiary/aromatic N) is 3. The fourth-order valence-corrected chi connectivity index (χ4v) is 5.49. The minimum absolute atomic E-state index is 0.163. The van der Waals surface area contributed by atoms with Crippen LogP contribution in [0, 0.1) is 0 Å². The van der Waals surface area contributed by atoms with Crippen molar-refractivity contribution in [3.05, 3.63) is 83.9 Å². The van der Waals surface area contributed by atoms with Gasteiger partial charge in [0, 0.05) is 49.9 Å². The molecule has 0 fully saturated rings. The Hall–Kier alpha value is -2.48. The Balaban J connectivity index is 1.81. The van der Waals surface area contributed by atoms with Gasteiger partial charge in [0.2, 0.25) is 10.0 Å². The van der Waals surface area contributed by atoms with Gasteiger partial charge in [-0.2, -0.15) is 4.31 Å². The molecule has 3 aromatic rings. The molecule has 0 bridgehead atoms. The summed E-state index contributed by atoms with van der Waals surface area (Å²) in [6, 6.07) is 13.6. The smallest absolute Gasteiger partial charge is 0.244 e. The Morgan fingerprint density at radius 3 is 2.63 bits per heavy atom. The van der Waals surface area contributed by atoms with E-state index in [1.165, 1.54) is 4.31 Å². The maximum atomic E-state index is 13.4. The van der Waals surface area contributed by atoms with E-state index >= 15 is 0 Å². The van der Waals surface area contributed by atoms with Gasteiger partial charge in [-0.1, -0.05) is 24.3 Å². The molecule has 0 radical (unpaired) electrons. The number of fused-ring (bicyclic) bond motifs is 1. The van der Waals surface area contributed by atoms with Crippen molar-refractivity contribution < 1.29 is 13.5 Å². The molecule has 0 spiro atoms. The van der Waals surface area contributed by atoms with Gasteiger partial charge in [0.25, 0.3) is 0 Å². The number of rotatable bonds is 4. The molecule has 4 rings (SSSR count). The molecule has 1 aliphatic heterocycles. The molecule has 1 aromatic carbocycles. The van der Waals surface area contributed by atoms with Gasteiger partial charge in [0.1, 0.15) is 0 Å². The number of sulfonamides is 1. The molecule has 3 heterocycles. The first-order chi connectivity index (χ1) is 13.0. The van der Waals surface area contributed by atoms with Crippen molar-refractivity contribution in [2.75, 3.05) is 0 Å². The van der Waals surface area contributed by atoms with Crippen LogP contribution in [0.15, 0.2) is 72.0 Å². The van der Waals surface area contributed by atoms with Crippen molar-refractivity contribution in [3.8, 4) is 0 Å². The van der Waals surface area contributed by atoms with Crippen molar-refractivity contribution in [2.24, 2.45) is 7.05 Å². The SMILES string of the molecule is Cn1cccc1C[C@H]1[C@H](O)c2ccccc2S(=O)(=O)N1Cc1cccnc1. The quantitative estimate of drug-likeness (QED) is 0.750. The van der Waals surface area contributed by atoms with Crippen molar-refractivity contribution in [2.45, 2.75) is 30.0 Å². The Morgan fingerprint density at radius 1 is 1.11 bits per heavy atom. The number of pyridine rings is 1. The molecule has 7 heteroatoms. The van der Waals surface area contributed by atoms with Gasteiger partial charge in [-0.3, -0.25) is 4.98 Å². The first-order valence-electron chi connectivity index (χ1n) is 8.76. The average molecular weight is 383 g/mol. The second-order valence-corrected chi connectivity index (χ2v) is 8.64. The van der Waals surface area contributed by atoms with E-state index in [0.717, 1.165) is 11.3 Å². The number of aromatic nitrogens is 2. The second-order valence-electron chi connectivity index (χ2n) is 6.78. The van der Waals surface area contributed by atoms with Crippen molar-refractivity contribution >= 4 is 10.0 Å². The normalized spacial score (nSPS) is 21.7. The van der Waals surface area contributed by atoms with Crippen LogP contribution < -0.4 is 0 Å². The Labute approximate surface area is 158 Å². The summed E-state index contributed by atoms with van der Waals surface area (Å²) in [6.07, 6.45) is 4.73. The van der Waals surface area contributed by atoms with Crippen LogP contribution in [-0.4, -0.2) is 33.4 Å². The average Bonchev–Trinajstić information content (AvgIpc) is 3.08. The summed E-state index contributed by atoms with van der Waals surface area (Å²) in [5.74, 6) is 0. The first kappa shape index (κ1) is 17.9. The molecule has 1 N–H and O–H groups in total. The Morgan fingerprint density at radius 2 is 1.93 bits per heavy atom. The van der Waals surface area contributed by atoms with Crippen molar-refractivity contribution in [3.63, 3.8) is 0 Å². The highest BCUT2D eigenvalue weighted by Crippen LogP contribution is 2.38. The monoisotopic (exact) mass is 383 g/mol. The minimum atomic E-state index is -3.74. The van der Waals surface area contributed by atoms with Gasteiger partial charge in [0.05, 0.1) is 17.0 Å². The van der Waals surface area contributed by atoms with E-state index in [1.807, 2.05) is 36.0 Å². The molecule has 0 saturated heterocycles. The molecule has 2 aromatic heterocycles. The standard InChI is InChI=1S/C20H21N3O3S/c1-22-11-5-7-16(22)12-18-20(24)17-8-2-3-9-19(17)27(25,26)23(18)14-15-6-4-10-21-13-15/h2-11,13,18,20,24H,12,14H2,1H3/t18-,20+/m0/s1. The molecule has 0 unspecified atom stereocenters. The number of aryl methyl sites for hydroxylation is 1. The number of hydrogen-bond acceptors (Lipinski definition) is 4. The van der Waals surface area contributed by atoms with Crippen LogP contribution in [0.25, 0.3) is 0 Å². The zero-order chi connectivity index (χ0) is 19.0. The summed E-state index contributed by atoms with van der Waals surface area (Å²) >= 11 is 0. The maximum Gasteiger partial charge on any atom is 0.244 e. The zero-order valence-corrected chi connectivity index (χ0v) is 15.7. The summed E-state index contributed by atoms with van der Waals surface area (Å²) < 4.78 is 30.1. The van der Waals surface area contributed by atoms with E-state index in [4.69, 9.17) is 0 Å². The van der Waals surface area contributed by atoms with Crippen LogP contribution in [0.2, 0.25) is 0 Å². The van der Waals surface area contributed by atoms with Gasteiger partial charge in [0.15, 0.2) is 0 Å². The number of hydrogen-bond donors (Lipinski definition) is 1. The van der Waals surface area contributed by atoms with E-state index in [9.17, 15) is 13.5 Å². The third kappa shape index (κ3) is 3.18. The van der Waals surface area contributed by atoms with Gasteiger partial charge in [-0.25, -0.2) is 8.42 Å². The highest BCUT2D eigenvalue weighted by atomic mass is 32.2. The van der Waals surface area contributed by atoms with E-state index in [2.05, 4.69) is 4.98 Å². The fraction of sp³-hybridized carbons (Fsp3) is 0.250. The third-order valence-electron chi connectivity index (χ3n) is 5.09. The molecule has 27 heavy (non-hydrogen) atoms. The van der Waals surface area contributed by atoms with Crippen molar-refractivity contribution in [1.29, 1.82) is 0 Å². The predicted octanol–water partition coefficient (Wildman–Crippen LogP) is 2.27. The Bertz CT molecular complexity index is 1050. The van der Waals surface area contributed by atoms with Gasteiger partial charge < -0.3 is 9.67 Å². The van der Waals surface area contributed by atoms with Crippen LogP contribution in [-0.2, 0) is 30.0 Å². The van der Waals surface area contributed by atoms with E-state index in [-0.39, 0.29) is 11.4 Å².